The van der Waals surface area contributed by atoms with Crippen LogP contribution in [-0.2, 0) is 0 Å². The molecule has 3 heteroatoms. The van der Waals surface area contributed by atoms with Gasteiger partial charge in [0.1, 0.15) is 0 Å². The van der Waals surface area contributed by atoms with Crippen molar-refractivity contribution < 1.29 is 0 Å². The molecule has 0 heterocycles. The second-order valence-corrected chi connectivity index (χ2v) is 3.88. The van der Waals surface area contributed by atoms with Gasteiger partial charge in [-0.15, -0.1) is 0 Å². The molecule has 2 unspecified atom stereocenters. The molecule has 0 saturated heterocycles. The van der Waals surface area contributed by atoms with E-state index in [0.717, 1.165) is 11.6 Å². The van der Waals surface area contributed by atoms with Gasteiger partial charge in [0.15, 0.2) is 0 Å². The zero-order valence-electron chi connectivity index (χ0n) is 8.12. The van der Waals surface area contributed by atoms with Gasteiger partial charge in [-0.1, -0.05) is 6.92 Å². The van der Waals surface area contributed by atoms with E-state index in [1.165, 1.54) is 6.42 Å². The zero-order chi connectivity index (χ0) is 10.1. The first-order valence-corrected chi connectivity index (χ1v) is 4.77. The molecular formula is C11H13N3. The predicted octanol–water partition coefficient (Wildman–Crippen LogP) is 1.96. The van der Waals surface area contributed by atoms with Gasteiger partial charge in [-0.25, -0.2) is 0 Å². The maximum Gasteiger partial charge on any atom is 0.0992 e. The molecule has 3 nitrogen and oxygen atoms in total. The van der Waals surface area contributed by atoms with Crippen LogP contribution < -0.4 is 11.1 Å². The number of rotatable bonds is 2. The van der Waals surface area contributed by atoms with Gasteiger partial charge in [0, 0.05) is 6.04 Å². The monoisotopic (exact) mass is 187 g/mol. The molecule has 1 fully saturated rings. The van der Waals surface area contributed by atoms with Gasteiger partial charge in [0.2, 0.25) is 0 Å². The van der Waals surface area contributed by atoms with E-state index in [1.807, 2.05) is 6.07 Å². The van der Waals surface area contributed by atoms with Crippen LogP contribution in [-0.4, -0.2) is 6.04 Å². The fourth-order valence-corrected chi connectivity index (χ4v) is 1.49. The zero-order valence-corrected chi connectivity index (χ0v) is 8.12. The number of benzene rings is 1. The maximum atomic E-state index is 8.66. The number of nitriles is 1. The molecule has 2 rings (SSSR count). The van der Waals surface area contributed by atoms with Crippen molar-refractivity contribution in [3.8, 4) is 6.07 Å². The van der Waals surface area contributed by atoms with Gasteiger partial charge in [-0.2, -0.15) is 5.26 Å². The molecule has 3 N–H and O–H groups in total. The van der Waals surface area contributed by atoms with E-state index < -0.39 is 0 Å². The smallest absolute Gasteiger partial charge is 0.0992 e. The third-order valence-electron chi connectivity index (χ3n) is 2.63. The van der Waals surface area contributed by atoms with Crippen LogP contribution >= 0.6 is 0 Å². The van der Waals surface area contributed by atoms with Crippen molar-refractivity contribution in [3.63, 3.8) is 0 Å². The van der Waals surface area contributed by atoms with Gasteiger partial charge in [-0.3, -0.25) is 0 Å². The van der Waals surface area contributed by atoms with E-state index >= 15 is 0 Å². The molecule has 72 valence electrons. The third-order valence-corrected chi connectivity index (χ3v) is 2.63. The highest BCUT2D eigenvalue weighted by atomic mass is 15.0. The third kappa shape index (κ3) is 1.64. The lowest BCUT2D eigenvalue weighted by atomic mass is 10.2. The van der Waals surface area contributed by atoms with Gasteiger partial charge in [-0.05, 0) is 30.5 Å². The van der Waals surface area contributed by atoms with Gasteiger partial charge in [0.25, 0.3) is 0 Å². The summed E-state index contributed by atoms with van der Waals surface area (Å²) in [5.74, 6) is 0.741. The topological polar surface area (TPSA) is 61.8 Å². The van der Waals surface area contributed by atoms with Gasteiger partial charge >= 0.3 is 0 Å². The van der Waals surface area contributed by atoms with E-state index in [9.17, 15) is 0 Å². The lowest BCUT2D eigenvalue weighted by Gasteiger charge is -2.08. The minimum absolute atomic E-state index is 0.560. The second-order valence-electron chi connectivity index (χ2n) is 3.88. The molecule has 1 aliphatic carbocycles. The van der Waals surface area contributed by atoms with E-state index in [1.54, 1.807) is 12.1 Å². The number of hydrogen-bond acceptors (Lipinski definition) is 3. The molecule has 1 aromatic rings. The Kier molecular flexibility index (Phi) is 2.05. The van der Waals surface area contributed by atoms with Crippen LogP contribution in [0, 0.1) is 17.2 Å². The van der Waals surface area contributed by atoms with Crippen LogP contribution in [0.2, 0.25) is 0 Å². The minimum Gasteiger partial charge on any atom is -0.397 e. The Bertz CT molecular complexity index is 392. The van der Waals surface area contributed by atoms with Crippen molar-refractivity contribution in [2.45, 2.75) is 19.4 Å². The number of nitrogens with one attached hydrogen (secondary N) is 1. The molecule has 1 aliphatic rings. The first kappa shape index (κ1) is 8.89. The summed E-state index contributed by atoms with van der Waals surface area (Å²) in [5.41, 5.74) is 8.01. The van der Waals surface area contributed by atoms with Crippen LogP contribution in [0.15, 0.2) is 18.2 Å². The highest BCUT2D eigenvalue weighted by Crippen LogP contribution is 2.34. The Morgan fingerprint density at radius 3 is 2.79 bits per heavy atom. The lowest BCUT2D eigenvalue weighted by Crippen LogP contribution is -2.05. The second kappa shape index (κ2) is 3.22. The maximum absolute atomic E-state index is 8.66. The summed E-state index contributed by atoms with van der Waals surface area (Å²) in [7, 11) is 0. The summed E-state index contributed by atoms with van der Waals surface area (Å²) in [5, 5.41) is 12.0. The Labute approximate surface area is 83.5 Å². The number of nitrogen functional groups attached to an aromatic ring is 1. The highest BCUT2D eigenvalue weighted by molar-refractivity contribution is 5.68. The molecule has 0 amide bonds. The van der Waals surface area contributed by atoms with Crippen molar-refractivity contribution in [1.82, 2.24) is 0 Å². The molecule has 0 radical (unpaired) electrons. The summed E-state index contributed by atoms with van der Waals surface area (Å²) >= 11 is 0. The van der Waals surface area contributed by atoms with Crippen molar-refractivity contribution in [2.75, 3.05) is 11.1 Å². The molecule has 14 heavy (non-hydrogen) atoms. The van der Waals surface area contributed by atoms with E-state index in [4.69, 9.17) is 11.0 Å². The molecule has 2 atom stereocenters. The van der Waals surface area contributed by atoms with Gasteiger partial charge < -0.3 is 11.1 Å². The predicted molar refractivity (Wildman–Crippen MR) is 56.8 cm³/mol. The molecule has 0 aliphatic heterocycles. The highest BCUT2D eigenvalue weighted by Gasteiger charge is 2.32. The normalized spacial score (nSPS) is 24.0. The van der Waals surface area contributed by atoms with E-state index in [0.29, 0.717) is 17.3 Å². The van der Waals surface area contributed by atoms with Crippen LogP contribution in [0.1, 0.15) is 18.9 Å². The van der Waals surface area contributed by atoms with Crippen LogP contribution in [0.3, 0.4) is 0 Å². The first-order chi connectivity index (χ1) is 6.70. The molecule has 1 saturated carbocycles. The molecule has 0 bridgehead atoms. The summed E-state index contributed by atoms with van der Waals surface area (Å²) in [6.07, 6.45) is 1.21. The van der Waals surface area contributed by atoms with Crippen LogP contribution in [0.4, 0.5) is 11.4 Å². The van der Waals surface area contributed by atoms with E-state index in [-0.39, 0.29) is 0 Å². The minimum atomic E-state index is 0.560. The Morgan fingerprint density at radius 1 is 1.57 bits per heavy atom. The average Bonchev–Trinajstić information content (AvgIpc) is 2.85. The Hall–Kier alpha value is -1.69. The molecule has 1 aromatic carbocycles. The van der Waals surface area contributed by atoms with Crippen molar-refractivity contribution in [1.29, 1.82) is 5.26 Å². The Balaban J connectivity index is 2.15. The molecule has 0 aromatic heterocycles. The summed E-state index contributed by atoms with van der Waals surface area (Å²) < 4.78 is 0. The fourth-order valence-electron chi connectivity index (χ4n) is 1.49. The summed E-state index contributed by atoms with van der Waals surface area (Å²) in [4.78, 5) is 0. The number of nitrogens with two attached hydrogens (primary N) is 1. The van der Waals surface area contributed by atoms with Crippen molar-refractivity contribution in [2.24, 2.45) is 5.92 Å². The largest absolute Gasteiger partial charge is 0.397 e. The molecular weight excluding hydrogens is 174 g/mol. The number of hydrogen-bond donors (Lipinski definition) is 2. The molecule has 0 spiro atoms. The Morgan fingerprint density at radius 2 is 2.29 bits per heavy atom. The quantitative estimate of drug-likeness (QED) is 0.696. The van der Waals surface area contributed by atoms with Crippen LogP contribution in [0.5, 0.6) is 0 Å². The first-order valence-electron chi connectivity index (χ1n) is 4.77. The number of nitrogens with zero attached hydrogens (tertiary/aromatic N) is 1. The standard InChI is InChI=1S/C11H13N3/c1-7-4-11(7)14-10-3-2-8(6-12)5-9(10)13/h2-3,5,7,11,14H,4,13H2,1H3. The summed E-state index contributed by atoms with van der Waals surface area (Å²) in [6, 6.07) is 7.99. The van der Waals surface area contributed by atoms with Crippen LogP contribution in [0.25, 0.3) is 0 Å². The number of anilines is 2. The van der Waals surface area contributed by atoms with E-state index in [2.05, 4.69) is 18.3 Å². The fraction of sp³-hybridized carbons (Fsp3) is 0.364. The SMILES string of the molecule is CC1CC1Nc1ccc(C#N)cc1N. The average molecular weight is 187 g/mol. The van der Waals surface area contributed by atoms with Crippen molar-refractivity contribution >= 4 is 11.4 Å². The van der Waals surface area contributed by atoms with Gasteiger partial charge in [0.05, 0.1) is 23.0 Å². The lowest BCUT2D eigenvalue weighted by molar-refractivity contribution is 0.930. The van der Waals surface area contributed by atoms with Crippen molar-refractivity contribution in [3.05, 3.63) is 23.8 Å². The summed E-state index contributed by atoms with van der Waals surface area (Å²) in [6.45, 7) is 2.21.